The van der Waals surface area contributed by atoms with Gasteiger partial charge in [-0.1, -0.05) is 18.2 Å². The Bertz CT molecular complexity index is 953. The summed E-state index contributed by atoms with van der Waals surface area (Å²) in [5.74, 6) is -0.0443. The van der Waals surface area contributed by atoms with Gasteiger partial charge in [-0.2, -0.15) is 0 Å². The minimum Gasteiger partial charge on any atom is -0.399 e. The Kier molecular flexibility index (Phi) is 4.26. The van der Waals surface area contributed by atoms with Crippen LogP contribution in [0.2, 0.25) is 0 Å². The van der Waals surface area contributed by atoms with Gasteiger partial charge in [-0.3, -0.25) is 14.8 Å². The molecule has 1 fully saturated rings. The van der Waals surface area contributed by atoms with Gasteiger partial charge in [0.15, 0.2) is 0 Å². The van der Waals surface area contributed by atoms with Gasteiger partial charge >= 0.3 is 0 Å². The lowest BCUT2D eigenvalue weighted by Crippen LogP contribution is -2.42. The van der Waals surface area contributed by atoms with E-state index in [1.165, 1.54) is 0 Å². The summed E-state index contributed by atoms with van der Waals surface area (Å²) in [6.07, 6.45) is 1.36. The number of hydrogen-bond acceptors (Lipinski definition) is 5. The highest BCUT2D eigenvalue weighted by molar-refractivity contribution is 5.97. The molecule has 1 aliphatic rings. The number of ether oxygens (including phenoxy) is 1. The summed E-state index contributed by atoms with van der Waals surface area (Å²) < 4.78 is 5.83. The lowest BCUT2D eigenvalue weighted by molar-refractivity contribution is -0.0247. The molecule has 0 saturated carbocycles. The number of morpholine rings is 1. The predicted octanol–water partition coefficient (Wildman–Crippen LogP) is 2.73. The van der Waals surface area contributed by atoms with E-state index < -0.39 is 0 Å². The molecule has 3 heterocycles. The van der Waals surface area contributed by atoms with Crippen LogP contribution in [0.3, 0.4) is 0 Å². The van der Waals surface area contributed by atoms with E-state index in [2.05, 4.69) is 9.97 Å². The molecule has 0 radical (unpaired) electrons. The standard InChI is InChI=1S/C20H20N4O2/c1-13-8-16(21)10-18(23-13)19-12-24(6-7-26-19)20(25)15-9-14-4-2-3-5-17(14)22-11-15/h2-5,8-11,19H,6-7,12H2,1H3,(H2,21,23)/t19-/m1/s1. The van der Waals surface area contributed by atoms with E-state index in [1.54, 1.807) is 11.1 Å². The Hall–Kier alpha value is -2.99. The second-order valence-electron chi connectivity index (χ2n) is 6.49. The number of nitrogens with zero attached hydrogens (tertiary/aromatic N) is 3. The summed E-state index contributed by atoms with van der Waals surface area (Å²) in [6.45, 7) is 3.35. The molecular weight excluding hydrogens is 328 g/mol. The molecule has 0 bridgehead atoms. The van der Waals surface area contributed by atoms with Crippen LogP contribution in [0, 0.1) is 6.92 Å². The Morgan fingerprint density at radius 3 is 2.96 bits per heavy atom. The van der Waals surface area contributed by atoms with Crippen molar-refractivity contribution in [3.63, 3.8) is 0 Å². The molecule has 0 unspecified atom stereocenters. The lowest BCUT2D eigenvalue weighted by atomic mass is 10.1. The third kappa shape index (κ3) is 3.23. The molecule has 4 rings (SSSR count). The van der Waals surface area contributed by atoms with Gasteiger partial charge in [0.05, 0.1) is 29.9 Å². The number of fused-ring (bicyclic) bond motifs is 1. The number of carbonyl (C=O) groups excluding carboxylic acids is 1. The highest BCUT2D eigenvalue weighted by atomic mass is 16.5. The maximum Gasteiger partial charge on any atom is 0.255 e. The third-order valence-corrected chi connectivity index (χ3v) is 4.52. The molecule has 2 N–H and O–H groups in total. The van der Waals surface area contributed by atoms with Crippen molar-refractivity contribution in [3.8, 4) is 0 Å². The van der Waals surface area contributed by atoms with Crippen molar-refractivity contribution >= 4 is 22.5 Å². The minimum atomic E-state index is -0.275. The highest BCUT2D eigenvalue weighted by Crippen LogP contribution is 2.24. The number of anilines is 1. The van der Waals surface area contributed by atoms with E-state index in [-0.39, 0.29) is 12.0 Å². The normalized spacial score (nSPS) is 17.4. The zero-order valence-corrected chi connectivity index (χ0v) is 14.6. The first-order valence-corrected chi connectivity index (χ1v) is 8.60. The number of pyridine rings is 2. The van der Waals surface area contributed by atoms with Crippen LogP contribution in [0.25, 0.3) is 10.9 Å². The number of benzene rings is 1. The van der Waals surface area contributed by atoms with E-state index >= 15 is 0 Å². The van der Waals surface area contributed by atoms with Gasteiger partial charge < -0.3 is 15.4 Å². The summed E-state index contributed by atoms with van der Waals surface area (Å²) in [5, 5.41) is 0.955. The van der Waals surface area contributed by atoms with Crippen LogP contribution in [0.1, 0.15) is 27.8 Å². The first-order chi connectivity index (χ1) is 12.6. The average molecular weight is 348 g/mol. The second-order valence-corrected chi connectivity index (χ2v) is 6.49. The molecule has 6 nitrogen and oxygen atoms in total. The van der Waals surface area contributed by atoms with Gasteiger partial charge in [0.2, 0.25) is 0 Å². The van der Waals surface area contributed by atoms with E-state index in [4.69, 9.17) is 10.5 Å². The number of aromatic nitrogens is 2. The largest absolute Gasteiger partial charge is 0.399 e. The average Bonchev–Trinajstić information content (AvgIpc) is 2.66. The van der Waals surface area contributed by atoms with Crippen molar-refractivity contribution in [3.05, 3.63) is 65.6 Å². The van der Waals surface area contributed by atoms with Gasteiger partial charge in [0, 0.05) is 29.5 Å². The first kappa shape index (κ1) is 16.5. The van der Waals surface area contributed by atoms with E-state index in [9.17, 15) is 4.79 Å². The van der Waals surface area contributed by atoms with E-state index in [0.29, 0.717) is 30.9 Å². The third-order valence-electron chi connectivity index (χ3n) is 4.52. The van der Waals surface area contributed by atoms with Crippen molar-refractivity contribution in [2.45, 2.75) is 13.0 Å². The van der Waals surface area contributed by atoms with Crippen LogP contribution in [0.5, 0.6) is 0 Å². The molecule has 1 aliphatic heterocycles. The van der Waals surface area contributed by atoms with Crippen molar-refractivity contribution < 1.29 is 9.53 Å². The molecule has 1 aromatic carbocycles. The molecule has 3 aromatic rings. The van der Waals surface area contributed by atoms with Crippen LogP contribution in [-0.4, -0.2) is 40.5 Å². The summed E-state index contributed by atoms with van der Waals surface area (Å²) in [6, 6.07) is 13.3. The minimum absolute atomic E-state index is 0.0443. The summed E-state index contributed by atoms with van der Waals surface area (Å²) >= 11 is 0. The fraction of sp³-hybridized carbons (Fsp3) is 0.250. The van der Waals surface area contributed by atoms with Crippen molar-refractivity contribution in [2.75, 3.05) is 25.4 Å². The Morgan fingerprint density at radius 2 is 2.12 bits per heavy atom. The quantitative estimate of drug-likeness (QED) is 0.770. The molecule has 0 aliphatic carbocycles. The molecule has 6 heteroatoms. The van der Waals surface area contributed by atoms with Crippen LogP contribution >= 0.6 is 0 Å². The fourth-order valence-corrected chi connectivity index (χ4v) is 3.27. The number of nitrogens with two attached hydrogens (primary N) is 1. The zero-order chi connectivity index (χ0) is 18.1. The Labute approximate surface area is 151 Å². The van der Waals surface area contributed by atoms with E-state index in [0.717, 1.165) is 22.3 Å². The smallest absolute Gasteiger partial charge is 0.255 e. The van der Waals surface area contributed by atoms with Crippen molar-refractivity contribution in [1.82, 2.24) is 14.9 Å². The SMILES string of the molecule is Cc1cc(N)cc([C@H]2CN(C(=O)c3cnc4ccccc4c3)CCO2)n1. The first-order valence-electron chi connectivity index (χ1n) is 8.60. The Balaban J connectivity index is 1.57. The van der Waals surface area contributed by atoms with Crippen molar-refractivity contribution in [2.24, 2.45) is 0 Å². The number of amides is 1. The molecule has 0 spiro atoms. The number of para-hydroxylation sites is 1. The Morgan fingerprint density at radius 1 is 1.27 bits per heavy atom. The number of nitrogen functional groups attached to an aromatic ring is 1. The number of carbonyl (C=O) groups is 1. The zero-order valence-electron chi connectivity index (χ0n) is 14.6. The molecule has 1 saturated heterocycles. The predicted molar refractivity (Wildman–Crippen MR) is 99.7 cm³/mol. The monoisotopic (exact) mass is 348 g/mol. The molecule has 1 amide bonds. The summed E-state index contributed by atoms with van der Waals surface area (Å²) in [5.41, 5.74) is 9.63. The number of rotatable bonds is 2. The highest BCUT2D eigenvalue weighted by Gasteiger charge is 2.27. The molecule has 2 aromatic heterocycles. The fourth-order valence-electron chi connectivity index (χ4n) is 3.27. The topological polar surface area (TPSA) is 81.3 Å². The van der Waals surface area contributed by atoms with Gasteiger partial charge in [0.25, 0.3) is 5.91 Å². The van der Waals surface area contributed by atoms with Crippen LogP contribution < -0.4 is 5.73 Å². The molecule has 1 atom stereocenters. The summed E-state index contributed by atoms with van der Waals surface area (Å²) in [4.78, 5) is 23.6. The summed E-state index contributed by atoms with van der Waals surface area (Å²) in [7, 11) is 0. The molecular formula is C20H20N4O2. The lowest BCUT2D eigenvalue weighted by Gasteiger charge is -2.33. The van der Waals surface area contributed by atoms with Gasteiger partial charge in [-0.25, -0.2) is 0 Å². The van der Waals surface area contributed by atoms with E-state index in [1.807, 2.05) is 49.4 Å². The maximum atomic E-state index is 12.9. The van der Waals surface area contributed by atoms with Crippen LogP contribution in [0.15, 0.2) is 48.7 Å². The van der Waals surface area contributed by atoms with Gasteiger partial charge in [-0.15, -0.1) is 0 Å². The molecule has 132 valence electrons. The van der Waals surface area contributed by atoms with Gasteiger partial charge in [-0.05, 0) is 31.2 Å². The number of hydrogen-bond donors (Lipinski definition) is 1. The molecule has 26 heavy (non-hydrogen) atoms. The maximum absolute atomic E-state index is 12.9. The second kappa shape index (κ2) is 6.72. The van der Waals surface area contributed by atoms with Gasteiger partial charge in [0.1, 0.15) is 6.10 Å². The number of aryl methyl sites for hydroxylation is 1. The van der Waals surface area contributed by atoms with Crippen LogP contribution in [0.4, 0.5) is 5.69 Å². The van der Waals surface area contributed by atoms with Crippen molar-refractivity contribution in [1.29, 1.82) is 0 Å². The van der Waals surface area contributed by atoms with Crippen LogP contribution in [-0.2, 0) is 4.74 Å².